The molecule has 0 spiro atoms. The third-order valence-electron chi connectivity index (χ3n) is 1.76. The summed E-state index contributed by atoms with van der Waals surface area (Å²) in [6, 6.07) is 3.43. The summed E-state index contributed by atoms with van der Waals surface area (Å²) in [6.07, 6.45) is 0.967. The normalized spacial score (nSPS) is 11.1. The minimum Gasteiger partial charge on any atom is -0.495 e. The molecule has 0 heterocycles. The van der Waals surface area contributed by atoms with Gasteiger partial charge >= 0.3 is 0 Å². The number of nitrogens with zero attached hydrogens (tertiary/aromatic N) is 1. The Balaban J connectivity index is 3.46. The van der Waals surface area contributed by atoms with Crippen LogP contribution in [0.2, 0.25) is 0 Å². The van der Waals surface area contributed by atoms with Crippen LogP contribution in [-0.2, 0) is 9.84 Å². The molecule has 0 amide bonds. The van der Waals surface area contributed by atoms with E-state index in [2.05, 4.69) is 0 Å². The van der Waals surface area contributed by atoms with Crippen molar-refractivity contribution < 1.29 is 18.1 Å². The fourth-order valence-corrected chi connectivity index (χ4v) is 1.92. The molecule has 0 aromatic heterocycles. The lowest BCUT2D eigenvalue weighted by molar-refractivity contribution is -0.385. The number of rotatable bonds is 3. The molecule has 0 atom stereocenters. The summed E-state index contributed by atoms with van der Waals surface area (Å²) in [7, 11) is -2.23. The molecule has 0 aliphatic rings. The van der Waals surface area contributed by atoms with Crippen LogP contribution in [0.15, 0.2) is 23.1 Å². The van der Waals surface area contributed by atoms with E-state index in [4.69, 9.17) is 4.74 Å². The molecule has 1 aromatic carbocycles. The van der Waals surface area contributed by atoms with Crippen LogP contribution < -0.4 is 4.74 Å². The van der Waals surface area contributed by atoms with E-state index in [0.29, 0.717) is 0 Å². The van der Waals surface area contributed by atoms with Crippen molar-refractivity contribution in [1.29, 1.82) is 0 Å². The Morgan fingerprint density at radius 3 is 2.40 bits per heavy atom. The lowest BCUT2D eigenvalue weighted by Gasteiger charge is -2.05. The summed E-state index contributed by atoms with van der Waals surface area (Å²) in [6.45, 7) is 0. The fraction of sp³-hybridized carbons (Fsp3) is 0.250. The van der Waals surface area contributed by atoms with Gasteiger partial charge in [0.05, 0.1) is 12.0 Å². The Hall–Kier alpha value is -1.63. The van der Waals surface area contributed by atoms with E-state index < -0.39 is 14.8 Å². The smallest absolute Gasteiger partial charge is 0.271 e. The molecule has 0 radical (unpaired) electrons. The molecule has 1 aromatic rings. The van der Waals surface area contributed by atoms with Crippen LogP contribution in [0.1, 0.15) is 0 Å². The van der Waals surface area contributed by atoms with Gasteiger partial charge in [-0.05, 0) is 6.07 Å². The summed E-state index contributed by atoms with van der Waals surface area (Å²) >= 11 is 0. The molecule has 6 nitrogen and oxygen atoms in total. The standard InChI is InChI=1S/C8H9NO5S/c1-14-7-4-3-6(9(10)11)5-8(7)15(2,12)13/h3-5H,1-2H3. The van der Waals surface area contributed by atoms with Crippen molar-refractivity contribution in [2.24, 2.45) is 0 Å². The number of benzene rings is 1. The quantitative estimate of drug-likeness (QED) is 0.572. The van der Waals surface area contributed by atoms with Gasteiger partial charge in [0, 0.05) is 18.4 Å². The number of non-ortho nitro benzene ring substituents is 1. The Morgan fingerprint density at radius 1 is 1.40 bits per heavy atom. The van der Waals surface area contributed by atoms with Crippen molar-refractivity contribution in [1.82, 2.24) is 0 Å². The van der Waals surface area contributed by atoms with Crippen LogP contribution in [-0.4, -0.2) is 26.7 Å². The Labute approximate surface area is 86.6 Å². The number of sulfone groups is 1. The molecule has 15 heavy (non-hydrogen) atoms. The van der Waals surface area contributed by atoms with E-state index in [1.165, 1.54) is 19.2 Å². The van der Waals surface area contributed by atoms with Gasteiger partial charge in [0.25, 0.3) is 5.69 Å². The van der Waals surface area contributed by atoms with Crippen molar-refractivity contribution in [3.8, 4) is 5.75 Å². The van der Waals surface area contributed by atoms with Crippen molar-refractivity contribution in [3.05, 3.63) is 28.3 Å². The van der Waals surface area contributed by atoms with Crippen LogP contribution in [0.5, 0.6) is 5.75 Å². The van der Waals surface area contributed by atoms with Crippen molar-refractivity contribution in [3.63, 3.8) is 0 Å². The minimum absolute atomic E-state index is 0.100. The van der Waals surface area contributed by atoms with Gasteiger partial charge in [-0.3, -0.25) is 10.1 Å². The van der Waals surface area contributed by atoms with Gasteiger partial charge in [-0.2, -0.15) is 0 Å². The molecule has 0 saturated carbocycles. The molecule has 0 bridgehead atoms. The van der Waals surface area contributed by atoms with E-state index in [9.17, 15) is 18.5 Å². The number of hydrogen-bond acceptors (Lipinski definition) is 5. The second kappa shape index (κ2) is 3.85. The number of methoxy groups -OCH3 is 1. The first-order chi connectivity index (χ1) is 6.86. The summed E-state index contributed by atoms with van der Waals surface area (Å²) in [4.78, 5) is 9.61. The maximum Gasteiger partial charge on any atom is 0.271 e. The molecule has 0 aliphatic heterocycles. The Morgan fingerprint density at radius 2 is 2.00 bits per heavy atom. The SMILES string of the molecule is COc1ccc([N+](=O)[O-])cc1S(C)(=O)=O. The highest BCUT2D eigenvalue weighted by Crippen LogP contribution is 2.27. The van der Waals surface area contributed by atoms with Crippen LogP contribution in [0.4, 0.5) is 5.69 Å². The van der Waals surface area contributed by atoms with Crippen LogP contribution in [0, 0.1) is 10.1 Å². The number of nitro benzene ring substituents is 1. The summed E-state index contributed by atoms with van der Waals surface area (Å²) in [5, 5.41) is 10.4. The first-order valence-corrected chi connectivity index (χ1v) is 5.78. The van der Waals surface area contributed by atoms with Crippen LogP contribution in [0.25, 0.3) is 0 Å². The maximum absolute atomic E-state index is 11.3. The van der Waals surface area contributed by atoms with Crippen LogP contribution >= 0.6 is 0 Å². The van der Waals surface area contributed by atoms with Crippen LogP contribution in [0.3, 0.4) is 0 Å². The molecular formula is C8H9NO5S. The molecular weight excluding hydrogens is 222 g/mol. The Bertz CT molecular complexity index is 494. The highest BCUT2D eigenvalue weighted by Gasteiger charge is 2.18. The third-order valence-corrected chi connectivity index (χ3v) is 2.88. The lowest BCUT2D eigenvalue weighted by atomic mass is 10.3. The molecule has 82 valence electrons. The number of hydrogen-bond donors (Lipinski definition) is 0. The second-order valence-electron chi connectivity index (χ2n) is 2.86. The van der Waals surface area contributed by atoms with Crippen molar-refractivity contribution in [2.45, 2.75) is 4.90 Å². The van der Waals surface area contributed by atoms with Gasteiger partial charge in [-0.25, -0.2) is 8.42 Å². The maximum atomic E-state index is 11.3. The zero-order valence-electron chi connectivity index (χ0n) is 8.13. The van der Waals surface area contributed by atoms with Crippen molar-refractivity contribution >= 4 is 15.5 Å². The molecule has 0 fully saturated rings. The number of ether oxygens (including phenoxy) is 1. The monoisotopic (exact) mass is 231 g/mol. The van der Waals surface area contributed by atoms with E-state index >= 15 is 0 Å². The topological polar surface area (TPSA) is 86.5 Å². The van der Waals surface area contributed by atoms with Gasteiger partial charge < -0.3 is 4.74 Å². The van der Waals surface area contributed by atoms with Crippen molar-refractivity contribution in [2.75, 3.05) is 13.4 Å². The molecule has 0 unspecified atom stereocenters. The zero-order valence-corrected chi connectivity index (χ0v) is 8.95. The zero-order chi connectivity index (χ0) is 11.6. The predicted molar refractivity (Wildman–Crippen MR) is 52.8 cm³/mol. The summed E-state index contributed by atoms with van der Waals surface area (Å²) in [5.41, 5.74) is -0.281. The molecule has 0 N–H and O–H groups in total. The average molecular weight is 231 g/mol. The first kappa shape index (κ1) is 11.4. The van der Waals surface area contributed by atoms with E-state index in [-0.39, 0.29) is 16.3 Å². The van der Waals surface area contributed by atoms with Gasteiger partial charge in [-0.15, -0.1) is 0 Å². The highest BCUT2D eigenvalue weighted by atomic mass is 32.2. The first-order valence-electron chi connectivity index (χ1n) is 3.88. The number of nitro groups is 1. The van der Waals surface area contributed by atoms with E-state index in [1.54, 1.807) is 0 Å². The Kier molecular flexibility index (Phi) is 2.94. The molecule has 7 heteroatoms. The molecule has 0 aliphatic carbocycles. The van der Waals surface area contributed by atoms with Gasteiger partial charge in [0.15, 0.2) is 9.84 Å². The summed E-state index contributed by atoms with van der Waals surface area (Å²) in [5.74, 6) is 0.100. The largest absolute Gasteiger partial charge is 0.495 e. The fourth-order valence-electron chi connectivity index (χ4n) is 1.07. The van der Waals surface area contributed by atoms with Gasteiger partial charge in [0.2, 0.25) is 0 Å². The predicted octanol–water partition coefficient (Wildman–Crippen LogP) is 1.01. The highest BCUT2D eigenvalue weighted by molar-refractivity contribution is 7.90. The second-order valence-corrected chi connectivity index (χ2v) is 4.85. The average Bonchev–Trinajstić information content (AvgIpc) is 2.15. The van der Waals surface area contributed by atoms with Gasteiger partial charge in [-0.1, -0.05) is 0 Å². The molecule has 1 rings (SSSR count). The minimum atomic E-state index is -3.53. The summed E-state index contributed by atoms with van der Waals surface area (Å²) < 4.78 is 27.4. The lowest BCUT2D eigenvalue weighted by Crippen LogP contribution is -2.01. The third kappa shape index (κ3) is 2.44. The van der Waals surface area contributed by atoms with Gasteiger partial charge in [0.1, 0.15) is 10.6 Å². The molecule has 0 saturated heterocycles. The van der Waals surface area contributed by atoms with E-state index in [1.807, 2.05) is 0 Å². The van der Waals surface area contributed by atoms with E-state index in [0.717, 1.165) is 12.3 Å².